The molecule has 0 radical (unpaired) electrons. The van der Waals surface area contributed by atoms with Crippen molar-refractivity contribution in [2.75, 3.05) is 18.4 Å². The number of aryl methyl sites for hydroxylation is 1. The predicted octanol–water partition coefficient (Wildman–Crippen LogP) is 1.07. The van der Waals surface area contributed by atoms with Gasteiger partial charge in [-0.1, -0.05) is 13.3 Å². The van der Waals surface area contributed by atoms with Crippen molar-refractivity contribution in [1.29, 1.82) is 0 Å². The number of nitrogens with zero attached hydrogens (tertiary/aromatic N) is 1. The van der Waals surface area contributed by atoms with Crippen molar-refractivity contribution in [3.05, 3.63) is 23.4 Å². The van der Waals surface area contributed by atoms with Crippen molar-refractivity contribution < 1.29 is 9.59 Å². The number of pyridine rings is 1. The fourth-order valence-electron chi connectivity index (χ4n) is 1.78. The van der Waals surface area contributed by atoms with E-state index in [0.29, 0.717) is 11.4 Å². The number of nitrogens with two attached hydrogens (primary N) is 1. The highest BCUT2D eigenvalue weighted by Gasteiger charge is 2.09. The molecule has 0 aliphatic rings. The van der Waals surface area contributed by atoms with Gasteiger partial charge in [-0.2, -0.15) is 0 Å². The van der Waals surface area contributed by atoms with E-state index in [1.165, 1.54) is 0 Å². The summed E-state index contributed by atoms with van der Waals surface area (Å²) in [6, 6.07) is 3.49. The van der Waals surface area contributed by atoms with Gasteiger partial charge in [-0.3, -0.25) is 9.59 Å². The highest BCUT2D eigenvalue weighted by Crippen LogP contribution is 2.12. The van der Waals surface area contributed by atoms with Crippen molar-refractivity contribution in [3.8, 4) is 0 Å². The minimum atomic E-state index is -0.431. The zero-order valence-corrected chi connectivity index (χ0v) is 12.0. The minimum absolute atomic E-state index is 0.138. The molecule has 0 atom stereocenters. The third kappa shape index (κ3) is 5.26. The second kappa shape index (κ2) is 8.14. The van der Waals surface area contributed by atoms with Gasteiger partial charge < -0.3 is 16.4 Å². The van der Waals surface area contributed by atoms with E-state index in [9.17, 15) is 9.59 Å². The van der Waals surface area contributed by atoms with Crippen LogP contribution in [0.2, 0.25) is 0 Å². The summed E-state index contributed by atoms with van der Waals surface area (Å²) in [5, 5.41) is 5.78. The molecule has 0 saturated carbocycles. The lowest BCUT2D eigenvalue weighted by atomic mass is 10.1. The molecule has 1 heterocycles. The van der Waals surface area contributed by atoms with Crippen LogP contribution in [0.25, 0.3) is 0 Å². The summed E-state index contributed by atoms with van der Waals surface area (Å²) in [7, 11) is 0. The van der Waals surface area contributed by atoms with E-state index in [4.69, 9.17) is 5.73 Å². The van der Waals surface area contributed by atoms with Crippen LogP contribution in [-0.2, 0) is 11.2 Å². The van der Waals surface area contributed by atoms with Crippen LogP contribution < -0.4 is 16.4 Å². The van der Waals surface area contributed by atoms with Crippen LogP contribution in [0.5, 0.6) is 0 Å². The summed E-state index contributed by atoms with van der Waals surface area (Å²) in [5.41, 5.74) is 6.46. The van der Waals surface area contributed by atoms with Crippen LogP contribution in [0.1, 0.15) is 42.7 Å². The van der Waals surface area contributed by atoms with Gasteiger partial charge in [-0.15, -0.1) is 0 Å². The maximum atomic E-state index is 12.0. The number of nitrogens with one attached hydrogen (secondary N) is 2. The topological polar surface area (TPSA) is 97.1 Å². The van der Waals surface area contributed by atoms with E-state index in [1.807, 2.05) is 6.92 Å². The molecule has 0 unspecified atom stereocenters. The normalized spacial score (nSPS) is 10.1. The zero-order chi connectivity index (χ0) is 15.0. The lowest BCUT2D eigenvalue weighted by Crippen LogP contribution is -2.28. The van der Waals surface area contributed by atoms with E-state index < -0.39 is 5.91 Å². The number of carbonyl (C=O) groups is 2. The molecule has 6 nitrogen and oxygen atoms in total. The predicted molar refractivity (Wildman–Crippen MR) is 78.5 cm³/mol. The van der Waals surface area contributed by atoms with E-state index in [-0.39, 0.29) is 18.9 Å². The highest BCUT2D eigenvalue weighted by atomic mass is 16.2. The number of primary amides is 1. The first-order valence-electron chi connectivity index (χ1n) is 6.88. The quantitative estimate of drug-likeness (QED) is 0.662. The first-order chi connectivity index (χ1) is 9.56. The van der Waals surface area contributed by atoms with E-state index in [1.54, 1.807) is 12.1 Å². The number of rotatable bonds is 8. The molecule has 0 aliphatic heterocycles. The Morgan fingerprint density at radius 2 is 2.05 bits per heavy atom. The van der Waals surface area contributed by atoms with Gasteiger partial charge in [0.1, 0.15) is 5.82 Å². The maximum absolute atomic E-state index is 12.0. The third-order valence-corrected chi connectivity index (χ3v) is 2.66. The summed E-state index contributed by atoms with van der Waals surface area (Å²) < 4.78 is 0. The molecule has 0 bridgehead atoms. The number of anilines is 1. The minimum Gasteiger partial charge on any atom is -0.370 e. The molecule has 110 valence electrons. The molecule has 1 aromatic heterocycles. The van der Waals surface area contributed by atoms with Crippen molar-refractivity contribution in [2.24, 2.45) is 5.73 Å². The van der Waals surface area contributed by atoms with Gasteiger partial charge in [0.05, 0.1) is 0 Å². The summed E-state index contributed by atoms with van der Waals surface area (Å²) in [6.07, 6.45) is 1.92. The van der Waals surface area contributed by atoms with Gasteiger partial charge >= 0.3 is 0 Å². The van der Waals surface area contributed by atoms with Crippen molar-refractivity contribution in [2.45, 2.75) is 33.1 Å². The number of hydrogen-bond acceptors (Lipinski definition) is 4. The van der Waals surface area contributed by atoms with E-state index in [0.717, 1.165) is 25.1 Å². The second-order valence-corrected chi connectivity index (χ2v) is 4.48. The Kier molecular flexibility index (Phi) is 6.49. The molecule has 1 aromatic rings. The number of aromatic nitrogens is 1. The molecular formula is C14H22N4O2. The molecule has 0 aromatic carbocycles. The standard InChI is InChI=1S/C14H22N4O2/c1-3-5-11-8-10(9-13(18-11)16-4-2)14(20)17-7-6-12(15)19/h8-9H,3-7H2,1-2H3,(H2,15,19)(H,16,18)(H,17,20). The van der Waals surface area contributed by atoms with Gasteiger partial charge in [0.2, 0.25) is 5.91 Å². The number of carbonyl (C=O) groups excluding carboxylic acids is 2. The van der Waals surface area contributed by atoms with Crippen molar-refractivity contribution in [1.82, 2.24) is 10.3 Å². The fraction of sp³-hybridized carbons (Fsp3) is 0.500. The van der Waals surface area contributed by atoms with Crippen LogP contribution in [0, 0.1) is 0 Å². The summed E-state index contributed by atoms with van der Waals surface area (Å²) in [6.45, 7) is 5.02. The maximum Gasteiger partial charge on any atom is 0.251 e. The molecule has 2 amide bonds. The van der Waals surface area contributed by atoms with E-state index in [2.05, 4.69) is 22.5 Å². The highest BCUT2D eigenvalue weighted by molar-refractivity contribution is 5.95. The molecule has 1 rings (SSSR count). The van der Waals surface area contributed by atoms with Gasteiger partial charge in [-0.05, 0) is 25.5 Å². The first kappa shape index (κ1) is 15.9. The van der Waals surface area contributed by atoms with Gasteiger partial charge in [0.25, 0.3) is 5.91 Å². The number of hydrogen-bond donors (Lipinski definition) is 3. The molecule has 6 heteroatoms. The lowest BCUT2D eigenvalue weighted by molar-refractivity contribution is -0.117. The van der Waals surface area contributed by atoms with Crippen LogP contribution in [0.3, 0.4) is 0 Å². The lowest BCUT2D eigenvalue weighted by Gasteiger charge is -2.09. The monoisotopic (exact) mass is 278 g/mol. The fourth-order valence-corrected chi connectivity index (χ4v) is 1.78. The third-order valence-electron chi connectivity index (χ3n) is 2.66. The second-order valence-electron chi connectivity index (χ2n) is 4.48. The Morgan fingerprint density at radius 3 is 2.65 bits per heavy atom. The first-order valence-corrected chi connectivity index (χ1v) is 6.88. The zero-order valence-electron chi connectivity index (χ0n) is 12.0. The number of amides is 2. The van der Waals surface area contributed by atoms with E-state index >= 15 is 0 Å². The smallest absolute Gasteiger partial charge is 0.251 e. The summed E-state index contributed by atoms with van der Waals surface area (Å²) >= 11 is 0. The van der Waals surface area contributed by atoms with Crippen LogP contribution in [-0.4, -0.2) is 29.9 Å². The SMILES string of the molecule is CCCc1cc(C(=O)NCCC(N)=O)cc(NCC)n1. The Bertz CT molecular complexity index is 450. The average molecular weight is 278 g/mol. The Hall–Kier alpha value is -2.11. The molecular weight excluding hydrogens is 256 g/mol. The molecule has 4 N–H and O–H groups in total. The summed E-state index contributed by atoms with van der Waals surface area (Å²) in [4.78, 5) is 27.1. The van der Waals surface area contributed by atoms with Crippen LogP contribution in [0.4, 0.5) is 5.82 Å². The molecule has 0 saturated heterocycles. The Morgan fingerprint density at radius 1 is 1.30 bits per heavy atom. The van der Waals surface area contributed by atoms with Gasteiger partial charge in [-0.25, -0.2) is 4.98 Å². The van der Waals surface area contributed by atoms with Crippen molar-refractivity contribution in [3.63, 3.8) is 0 Å². The molecule has 20 heavy (non-hydrogen) atoms. The molecule has 0 aliphatic carbocycles. The molecule has 0 fully saturated rings. The Labute approximate surface area is 119 Å². The van der Waals surface area contributed by atoms with Crippen molar-refractivity contribution >= 4 is 17.6 Å². The largest absolute Gasteiger partial charge is 0.370 e. The summed E-state index contributed by atoms with van der Waals surface area (Å²) in [5.74, 6) is 0.0451. The average Bonchev–Trinajstić information content (AvgIpc) is 2.38. The Balaban J connectivity index is 2.80. The van der Waals surface area contributed by atoms with Crippen LogP contribution in [0.15, 0.2) is 12.1 Å². The molecule has 0 spiro atoms. The van der Waals surface area contributed by atoms with Crippen LogP contribution >= 0.6 is 0 Å². The van der Waals surface area contributed by atoms with Gasteiger partial charge in [0, 0.05) is 30.8 Å². The van der Waals surface area contributed by atoms with Gasteiger partial charge in [0.15, 0.2) is 0 Å².